The summed E-state index contributed by atoms with van der Waals surface area (Å²) in [6.07, 6.45) is 8.98. The normalized spacial score (nSPS) is 35.7. The molecule has 2 fully saturated rings. The molecule has 2 saturated carbocycles. The zero-order chi connectivity index (χ0) is 14.8. The lowest BCUT2D eigenvalue weighted by atomic mass is 9.68. The Balaban J connectivity index is 1.64. The average Bonchev–Trinajstić information content (AvgIpc) is 2.97. The standard InChI is InChI=1S/C16H23NO4/c18-15(14-12(16(19)20)8-9-21-14)17-13-7-3-5-10-4-1-2-6-11(10)13/h8,10-11,13-14H,1-7,9H2,(H,17,18)(H,19,20)/t10?,11?,13?,14-/m1/s1. The Morgan fingerprint density at radius 3 is 2.71 bits per heavy atom. The smallest absolute Gasteiger partial charge is 0.334 e. The maximum absolute atomic E-state index is 12.4. The number of carbonyl (C=O) groups excluding carboxylic acids is 1. The molecule has 0 radical (unpaired) electrons. The van der Waals surface area contributed by atoms with Crippen molar-refractivity contribution < 1.29 is 19.4 Å². The monoisotopic (exact) mass is 293 g/mol. The first-order valence-electron chi connectivity index (χ1n) is 8.02. The van der Waals surface area contributed by atoms with Gasteiger partial charge in [-0.25, -0.2) is 4.79 Å². The minimum atomic E-state index is -1.06. The minimum Gasteiger partial charge on any atom is -0.478 e. The molecule has 1 amide bonds. The van der Waals surface area contributed by atoms with E-state index in [1.165, 1.54) is 38.2 Å². The summed E-state index contributed by atoms with van der Waals surface area (Å²) in [7, 11) is 0. The van der Waals surface area contributed by atoms with Crippen LogP contribution in [0.2, 0.25) is 0 Å². The number of carboxylic acids is 1. The van der Waals surface area contributed by atoms with Crippen LogP contribution in [0.5, 0.6) is 0 Å². The molecular weight excluding hydrogens is 270 g/mol. The number of hydrogen-bond donors (Lipinski definition) is 2. The van der Waals surface area contributed by atoms with E-state index in [-0.39, 0.29) is 24.1 Å². The molecule has 4 atom stereocenters. The number of hydrogen-bond acceptors (Lipinski definition) is 3. The molecular formula is C16H23NO4. The van der Waals surface area contributed by atoms with Gasteiger partial charge in [-0.3, -0.25) is 4.79 Å². The zero-order valence-electron chi connectivity index (χ0n) is 12.2. The molecule has 0 aromatic heterocycles. The summed E-state index contributed by atoms with van der Waals surface area (Å²) in [5.41, 5.74) is 0.0727. The van der Waals surface area contributed by atoms with Crippen molar-refractivity contribution >= 4 is 11.9 Å². The molecule has 5 heteroatoms. The van der Waals surface area contributed by atoms with Gasteiger partial charge in [-0.1, -0.05) is 32.1 Å². The first-order chi connectivity index (χ1) is 10.2. The van der Waals surface area contributed by atoms with Gasteiger partial charge in [0.05, 0.1) is 12.2 Å². The second kappa shape index (κ2) is 6.18. The number of rotatable bonds is 3. The Bertz CT molecular complexity index is 457. The van der Waals surface area contributed by atoms with Gasteiger partial charge in [0.15, 0.2) is 6.10 Å². The van der Waals surface area contributed by atoms with Gasteiger partial charge in [-0.15, -0.1) is 0 Å². The van der Waals surface area contributed by atoms with Gasteiger partial charge in [0, 0.05) is 6.04 Å². The lowest BCUT2D eigenvalue weighted by molar-refractivity contribution is -0.138. The summed E-state index contributed by atoms with van der Waals surface area (Å²) in [5.74, 6) is -0.0453. The van der Waals surface area contributed by atoms with Crippen molar-refractivity contribution in [3.63, 3.8) is 0 Å². The van der Waals surface area contributed by atoms with Crippen LogP contribution in [0.3, 0.4) is 0 Å². The molecule has 3 rings (SSSR count). The van der Waals surface area contributed by atoms with Crippen LogP contribution in [0.15, 0.2) is 11.6 Å². The highest BCUT2D eigenvalue weighted by atomic mass is 16.5. The van der Waals surface area contributed by atoms with Gasteiger partial charge < -0.3 is 15.2 Å². The summed E-state index contributed by atoms with van der Waals surface area (Å²) in [6, 6.07) is 0.191. The summed E-state index contributed by atoms with van der Waals surface area (Å²) < 4.78 is 5.28. The molecule has 0 saturated heterocycles. The topological polar surface area (TPSA) is 75.6 Å². The van der Waals surface area contributed by atoms with E-state index in [2.05, 4.69) is 5.32 Å². The highest BCUT2D eigenvalue weighted by Gasteiger charge is 2.38. The summed E-state index contributed by atoms with van der Waals surface area (Å²) in [4.78, 5) is 23.5. The first kappa shape index (κ1) is 14.6. The summed E-state index contributed by atoms with van der Waals surface area (Å²) >= 11 is 0. The number of carboxylic acid groups (broad SMARTS) is 1. The lowest BCUT2D eigenvalue weighted by Crippen LogP contribution is -2.50. The third kappa shape index (κ3) is 2.98. The van der Waals surface area contributed by atoms with Crippen LogP contribution in [0.1, 0.15) is 44.9 Å². The Labute approximate surface area is 124 Å². The van der Waals surface area contributed by atoms with Gasteiger partial charge in [-0.05, 0) is 30.8 Å². The molecule has 0 aromatic carbocycles. The third-order valence-corrected chi connectivity index (χ3v) is 5.24. The number of aliphatic carboxylic acids is 1. The first-order valence-corrected chi connectivity index (χ1v) is 8.02. The van der Waals surface area contributed by atoms with Crippen molar-refractivity contribution in [1.29, 1.82) is 0 Å². The van der Waals surface area contributed by atoms with E-state index in [1.807, 2.05) is 0 Å². The van der Waals surface area contributed by atoms with E-state index in [0.717, 1.165) is 18.8 Å². The van der Waals surface area contributed by atoms with Gasteiger partial charge in [0.25, 0.3) is 5.91 Å². The molecule has 0 aromatic rings. The van der Waals surface area contributed by atoms with Crippen molar-refractivity contribution in [1.82, 2.24) is 5.32 Å². The van der Waals surface area contributed by atoms with E-state index in [0.29, 0.717) is 5.92 Å². The second-order valence-electron chi connectivity index (χ2n) is 6.43. The van der Waals surface area contributed by atoms with Crippen LogP contribution < -0.4 is 5.32 Å². The molecule has 3 unspecified atom stereocenters. The predicted octanol–water partition coefficient (Wildman–Crippen LogP) is 1.87. The number of amides is 1. The SMILES string of the molecule is O=C(O)C1=CCO[C@H]1C(=O)NC1CCCC2CCCCC21. The van der Waals surface area contributed by atoms with Gasteiger partial charge in [0.2, 0.25) is 0 Å². The largest absolute Gasteiger partial charge is 0.478 e. The third-order valence-electron chi connectivity index (χ3n) is 5.24. The average molecular weight is 293 g/mol. The maximum Gasteiger partial charge on any atom is 0.334 e. The van der Waals surface area contributed by atoms with Crippen molar-refractivity contribution in [3.8, 4) is 0 Å². The van der Waals surface area contributed by atoms with Crippen molar-refractivity contribution in [2.75, 3.05) is 6.61 Å². The molecule has 2 N–H and O–H groups in total. The predicted molar refractivity (Wildman–Crippen MR) is 76.7 cm³/mol. The summed E-state index contributed by atoms with van der Waals surface area (Å²) in [6.45, 7) is 0.205. The Morgan fingerprint density at radius 2 is 1.90 bits per heavy atom. The van der Waals surface area contributed by atoms with Crippen LogP contribution in [0.4, 0.5) is 0 Å². The molecule has 2 aliphatic carbocycles. The van der Waals surface area contributed by atoms with E-state index in [9.17, 15) is 9.59 Å². The van der Waals surface area contributed by atoms with Crippen LogP contribution in [-0.2, 0) is 14.3 Å². The Morgan fingerprint density at radius 1 is 1.14 bits per heavy atom. The molecule has 0 spiro atoms. The minimum absolute atomic E-state index is 0.0727. The van der Waals surface area contributed by atoms with Crippen molar-refractivity contribution in [2.45, 2.75) is 57.1 Å². The van der Waals surface area contributed by atoms with Crippen LogP contribution in [-0.4, -0.2) is 35.7 Å². The van der Waals surface area contributed by atoms with E-state index >= 15 is 0 Å². The molecule has 116 valence electrons. The van der Waals surface area contributed by atoms with Gasteiger partial charge in [-0.2, -0.15) is 0 Å². The van der Waals surface area contributed by atoms with E-state index < -0.39 is 12.1 Å². The van der Waals surface area contributed by atoms with Crippen molar-refractivity contribution in [3.05, 3.63) is 11.6 Å². The van der Waals surface area contributed by atoms with E-state index in [4.69, 9.17) is 9.84 Å². The van der Waals surface area contributed by atoms with Crippen molar-refractivity contribution in [2.24, 2.45) is 11.8 Å². The highest BCUT2D eigenvalue weighted by molar-refractivity contribution is 5.98. The van der Waals surface area contributed by atoms with Crippen LogP contribution in [0, 0.1) is 11.8 Å². The van der Waals surface area contributed by atoms with E-state index in [1.54, 1.807) is 0 Å². The molecule has 0 bridgehead atoms. The number of carbonyl (C=O) groups is 2. The Kier molecular flexibility index (Phi) is 4.29. The zero-order valence-corrected chi connectivity index (χ0v) is 12.2. The molecule has 3 aliphatic rings. The summed E-state index contributed by atoms with van der Waals surface area (Å²) in [5, 5.41) is 12.2. The van der Waals surface area contributed by atoms with Crippen LogP contribution in [0.25, 0.3) is 0 Å². The fraction of sp³-hybridized carbons (Fsp3) is 0.750. The maximum atomic E-state index is 12.4. The molecule has 5 nitrogen and oxygen atoms in total. The lowest BCUT2D eigenvalue weighted by Gasteiger charge is -2.41. The molecule has 21 heavy (non-hydrogen) atoms. The fourth-order valence-corrected chi connectivity index (χ4v) is 4.22. The highest BCUT2D eigenvalue weighted by Crippen LogP contribution is 2.40. The molecule has 1 heterocycles. The number of fused-ring (bicyclic) bond motifs is 1. The fourth-order valence-electron chi connectivity index (χ4n) is 4.22. The number of ether oxygens (including phenoxy) is 1. The van der Waals surface area contributed by atoms with Crippen LogP contribution >= 0.6 is 0 Å². The molecule has 1 aliphatic heterocycles. The van der Waals surface area contributed by atoms with Gasteiger partial charge >= 0.3 is 5.97 Å². The number of nitrogens with one attached hydrogen (secondary N) is 1. The Hall–Kier alpha value is -1.36. The quantitative estimate of drug-likeness (QED) is 0.833. The second-order valence-corrected chi connectivity index (χ2v) is 6.43. The van der Waals surface area contributed by atoms with Gasteiger partial charge in [0.1, 0.15) is 0 Å².